The highest BCUT2D eigenvalue weighted by Gasteiger charge is 2.09. The molecule has 0 aromatic rings. The van der Waals surface area contributed by atoms with Gasteiger partial charge in [-0.2, -0.15) is 0 Å². The highest BCUT2D eigenvalue weighted by atomic mass is 127. The molecule has 1 atom stereocenters. The summed E-state index contributed by atoms with van der Waals surface area (Å²) in [6, 6.07) is 0. The van der Waals surface area contributed by atoms with Crippen LogP contribution in [0.25, 0.3) is 0 Å². The van der Waals surface area contributed by atoms with Crippen molar-refractivity contribution in [1.82, 2.24) is 0 Å². The van der Waals surface area contributed by atoms with Gasteiger partial charge in [-0.15, -0.1) is 0 Å². The molecule has 0 spiro atoms. The van der Waals surface area contributed by atoms with Gasteiger partial charge < -0.3 is 0 Å². The van der Waals surface area contributed by atoms with Crippen molar-refractivity contribution in [2.45, 2.75) is 33.1 Å². The summed E-state index contributed by atoms with van der Waals surface area (Å²) in [4.78, 5) is 0. The molecule has 1 heteroatoms. The molecule has 1 aliphatic rings. The van der Waals surface area contributed by atoms with E-state index in [0.29, 0.717) is 0 Å². The Balaban J connectivity index is 2.65. The van der Waals surface area contributed by atoms with Crippen LogP contribution in [0.1, 0.15) is 33.1 Å². The topological polar surface area (TPSA) is 0 Å². The van der Waals surface area contributed by atoms with Crippen LogP contribution in [0.3, 0.4) is 0 Å². The van der Waals surface area contributed by atoms with Gasteiger partial charge in [0.15, 0.2) is 0 Å². The van der Waals surface area contributed by atoms with Gasteiger partial charge in [0.1, 0.15) is 0 Å². The first-order chi connectivity index (χ1) is 5.77. The quantitative estimate of drug-likeness (QED) is 0.537. The van der Waals surface area contributed by atoms with Crippen LogP contribution in [-0.4, -0.2) is 4.43 Å². The van der Waals surface area contributed by atoms with E-state index < -0.39 is 0 Å². The van der Waals surface area contributed by atoms with E-state index in [1.54, 1.807) is 5.57 Å². The van der Waals surface area contributed by atoms with E-state index in [2.05, 4.69) is 48.6 Å². The second-order valence-electron chi connectivity index (χ2n) is 3.48. The first-order valence-corrected chi connectivity index (χ1v) is 6.26. The van der Waals surface area contributed by atoms with Crippen LogP contribution in [0.15, 0.2) is 23.3 Å². The third-order valence-electron chi connectivity index (χ3n) is 2.61. The molecule has 0 nitrogen and oxygen atoms in total. The van der Waals surface area contributed by atoms with E-state index in [1.165, 1.54) is 24.8 Å². The molecule has 0 saturated heterocycles. The number of rotatable bonds is 3. The zero-order valence-corrected chi connectivity index (χ0v) is 10.1. The average Bonchev–Trinajstić information content (AvgIpc) is 2.17. The lowest BCUT2D eigenvalue weighted by molar-refractivity contribution is 0.620. The summed E-state index contributed by atoms with van der Waals surface area (Å²) in [5.74, 6) is 0.789. The van der Waals surface area contributed by atoms with Gasteiger partial charge in [0.25, 0.3) is 0 Å². The monoisotopic (exact) mass is 276 g/mol. The maximum Gasteiger partial charge on any atom is 0.0243 e. The summed E-state index contributed by atoms with van der Waals surface area (Å²) < 4.78 is 1.16. The molecule has 68 valence electrons. The van der Waals surface area contributed by atoms with E-state index in [9.17, 15) is 0 Å². The van der Waals surface area contributed by atoms with E-state index in [1.807, 2.05) is 0 Å². The largest absolute Gasteiger partial charge is 0.0812 e. The minimum Gasteiger partial charge on any atom is -0.0812 e. The molecular formula is C11H17I. The fourth-order valence-electron chi connectivity index (χ4n) is 1.54. The van der Waals surface area contributed by atoms with Crippen molar-refractivity contribution in [3.63, 3.8) is 0 Å². The second kappa shape index (κ2) is 5.05. The van der Waals surface area contributed by atoms with Gasteiger partial charge in [-0.3, -0.25) is 0 Å². The minimum atomic E-state index is 0.789. The fourth-order valence-corrected chi connectivity index (χ4v) is 2.07. The Labute approximate surface area is 89.3 Å². The van der Waals surface area contributed by atoms with Crippen molar-refractivity contribution >= 4 is 22.6 Å². The van der Waals surface area contributed by atoms with Crippen LogP contribution in [0.5, 0.6) is 0 Å². The molecule has 1 rings (SSSR count). The summed E-state index contributed by atoms with van der Waals surface area (Å²) in [7, 11) is 0. The van der Waals surface area contributed by atoms with Gasteiger partial charge in [-0.1, -0.05) is 54.2 Å². The number of hydrogen-bond acceptors (Lipinski definition) is 0. The normalized spacial score (nSPS) is 19.9. The summed E-state index contributed by atoms with van der Waals surface area (Å²) >= 11 is 2.44. The molecule has 0 radical (unpaired) electrons. The van der Waals surface area contributed by atoms with Crippen molar-refractivity contribution in [2.24, 2.45) is 5.92 Å². The zero-order chi connectivity index (χ0) is 8.97. The third-order valence-corrected chi connectivity index (χ3v) is 3.49. The van der Waals surface area contributed by atoms with Gasteiger partial charge in [0.2, 0.25) is 0 Å². The van der Waals surface area contributed by atoms with E-state index in [4.69, 9.17) is 0 Å². The zero-order valence-electron chi connectivity index (χ0n) is 7.94. The summed E-state index contributed by atoms with van der Waals surface area (Å²) in [5.41, 5.74) is 3.18. The van der Waals surface area contributed by atoms with E-state index in [-0.39, 0.29) is 0 Å². The molecule has 1 unspecified atom stereocenters. The van der Waals surface area contributed by atoms with Crippen LogP contribution in [0.2, 0.25) is 0 Å². The van der Waals surface area contributed by atoms with Crippen LogP contribution < -0.4 is 0 Å². The number of hydrogen-bond donors (Lipinski definition) is 0. The van der Waals surface area contributed by atoms with Gasteiger partial charge in [0, 0.05) is 4.43 Å². The Hall–Kier alpha value is 0.210. The van der Waals surface area contributed by atoms with Gasteiger partial charge in [-0.05, 0) is 30.8 Å². The smallest absolute Gasteiger partial charge is 0.0243 e. The lowest BCUT2D eigenvalue weighted by atomic mass is 9.89. The molecule has 1 aliphatic carbocycles. The second-order valence-corrected chi connectivity index (χ2v) is 4.24. The predicted octanol–water partition coefficient (Wildman–Crippen LogP) is 4.11. The van der Waals surface area contributed by atoms with Gasteiger partial charge in [0.05, 0.1) is 0 Å². The third kappa shape index (κ3) is 2.61. The SMILES string of the molecule is CCC(C)C1=CC(CI)=CCC1. The van der Waals surface area contributed by atoms with Crippen molar-refractivity contribution in [3.8, 4) is 0 Å². The van der Waals surface area contributed by atoms with Gasteiger partial charge in [-0.25, -0.2) is 0 Å². The van der Waals surface area contributed by atoms with Crippen LogP contribution in [0.4, 0.5) is 0 Å². The highest BCUT2D eigenvalue weighted by molar-refractivity contribution is 14.1. The van der Waals surface area contributed by atoms with Gasteiger partial charge >= 0.3 is 0 Å². The molecule has 0 bridgehead atoms. The Bertz CT molecular complexity index is 201. The minimum absolute atomic E-state index is 0.789. The average molecular weight is 276 g/mol. The van der Waals surface area contributed by atoms with Crippen molar-refractivity contribution in [1.29, 1.82) is 0 Å². The summed E-state index contributed by atoms with van der Waals surface area (Å²) in [6.07, 6.45) is 8.60. The first kappa shape index (κ1) is 10.3. The molecular weight excluding hydrogens is 259 g/mol. The number of alkyl halides is 1. The molecule has 0 N–H and O–H groups in total. The Kier molecular flexibility index (Phi) is 4.33. The molecule has 0 aromatic heterocycles. The lowest BCUT2D eigenvalue weighted by Gasteiger charge is -2.17. The van der Waals surface area contributed by atoms with E-state index in [0.717, 1.165) is 10.3 Å². The molecule has 12 heavy (non-hydrogen) atoms. The fraction of sp³-hybridized carbons (Fsp3) is 0.636. The maximum absolute atomic E-state index is 2.44. The Morgan fingerprint density at radius 1 is 1.58 bits per heavy atom. The molecule has 0 amide bonds. The summed E-state index contributed by atoms with van der Waals surface area (Å²) in [6.45, 7) is 4.61. The number of allylic oxidation sites excluding steroid dienone is 4. The van der Waals surface area contributed by atoms with Crippen LogP contribution in [0, 0.1) is 5.92 Å². The lowest BCUT2D eigenvalue weighted by Crippen LogP contribution is -2.02. The molecule has 0 fully saturated rings. The Morgan fingerprint density at radius 2 is 2.33 bits per heavy atom. The van der Waals surface area contributed by atoms with Crippen molar-refractivity contribution < 1.29 is 0 Å². The molecule has 0 saturated carbocycles. The standard InChI is InChI=1S/C11H17I/c1-3-9(2)11-6-4-5-10(7-11)8-12/h5,7,9H,3-4,6,8H2,1-2H3. The first-order valence-electron chi connectivity index (χ1n) is 4.73. The van der Waals surface area contributed by atoms with Crippen molar-refractivity contribution in [2.75, 3.05) is 4.43 Å². The van der Waals surface area contributed by atoms with Crippen molar-refractivity contribution in [3.05, 3.63) is 23.3 Å². The summed E-state index contributed by atoms with van der Waals surface area (Å²) in [5, 5.41) is 0. The molecule has 0 aliphatic heterocycles. The Morgan fingerprint density at radius 3 is 2.92 bits per heavy atom. The number of halogens is 1. The molecule has 0 aromatic carbocycles. The predicted molar refractivity (Wildman–Crippen MR) is 63.7 cm³/mol. The van der Waals surface area contributed by atoms with E-state index >= 15 is 0 Å². The molecule has 0 heterocycles. The van der Waals surface area contributed by atoms with Crippen LogP contribution >= 0.6 is 22.6 Å². The van der Waals surface area contributed by atoms with Crippen LogP contribution in [-0.2, 0) is 0 Å². The highest BCUT2D eigenvalue weighted by Crippen LogP contribution is 2.26. The maximum atomic E-state index is 2.44.